The van der Waals surface area contributed by atoms with Crippen molar-refractivity contribution in [2.75, 3.05) is 20.6 Å². The van der Waals surface area contributed by atoms with Gasteiger partial charge < -0.3 is 10.2 Å². The average Bonchev–Trinajstić information content (AvgIpc) is 3.29. The quantitative estimate of drug-likeness (QED) is 0.621. The summed E-state index contributed by atoms with van der Waals surface area (Å²) in [6, 6.07) is 14.5. The summed E-state index contributed by atoms with van der Waals surface area (Å²) in [5.41, 5.74) is 3.40. The predicted molar refractivity (Wildman–Crippen MR) is 106 cm³/mol. The fourth-order valence-corrected chi connectivity index (χ4v) is 3.45. The lowest BCUT2D eigenvalue weighted by molar-refractivity contribution is -0.128. The molecule has 136 valence electrons. The van der Waals surface area contributed by atoms with Gasteiger partial charge in [0.05, 0.1) is 11.4 Å². The average molecular weight is 369 g/mol. The van der Waals surface area contributed by atoms with Crippen LogP contribution in [0.1, 0.15) is 17.5 Å². The Morgan fingerprint density at radius 2 is 2.00 bits per heavy atom. The summed E-state index contributed by atoms with van der Waals surface area (Å²) >= 11 is 1.69. The maximum Gasteiger partial charge on any atom is 0.223 e. The van der Waals surface area contributed by atoms with E-state index in [1.54, 1.807) is 30.3 Å². The van der Waals surface area contributed by atoms with Crippen molar-refractivity contribution in [1.29, 1.82) is 0 Å². The lowest BCUT2D eigenvalue weighted by atomic mass is 10.2. The van der Waals surface area contributed by atoms with Crippen LogP contribution in [0.5, 0.6) is 0 Å². The number of carbonyl (C=O) groups excluding carboxylic acids is 1. The first kappa shape index (κ1) is 18.4. The summed E-state index contributed by atoms with van der Waals surface area (Å²) in [4.78, 5) is 14.5. The monoisotopic (exact) mass is 368 g/mol. The van der Waals surface area contributed by atoms with Gasteiger partial charge in [-0.15, -0.1) is 11.3 Å². The molecule has 0 spiro atoms. The summed E-state index contributed by atoms with van der Waals surface area (Å²) in [6.45, 7) is 2.10. The lowest BCUT2D eigenvalue weighted by Crippen LogP contribution is -2.26. The van der Waals surface area contributed by atoms with Crippen molar-refractivity contribution in [3.05, 3.63) is 65.2 Å². The van der Waals surface area contributed by atoms with Crippen LogP contribution in [0.3, 0.4) is 0 Å². The second-order valence-electron chi connectivity index (χ2n) is 6.38. The summed E-state index contributed by atoms with van der Waals surface area (Å²) in [7, 11) is 3.57. The van der Waals surface area contributed by atoms with E-state index in [4.69, 9.17) is 5.10 Å². The van der Waals surface area contributed by atoms with Crippen LogP contribution in [0, 0.1) is 0 Å². The number of thiophene rings is 1. The molecule has 0 aliphatic heterocycles. The summed E-state index contributed by atoms with van der Waals surface area (Å²) in [6.07, 6.45) is 2.60. The van der Waals surface area contributed by atoms with E-state index >= 15 is 0 Å². The molecule has 1 N–H and O–H groups in total. The molecule has 0 unspecified atom stereocenters. The zero-order valence-electron chi connectivity index (χ0n) is 15.2. The van der Waals surface area contributed by atoms with Crippen LogP contribution < -0.4 is 5.32 Å². The van der Waals surface area contributed by atoms with Gasteiger partial charge in [-0.3, -0.25) is 9.48 Å². The third-order valence-corrected chi connectivity index (χ3v) is 4.99. The highest BCUT2D eigenvalue weighted by Crippen LogP contribution is 2.26. The second-order valence-corrected chi connectivity index (χ2v) is 7.33. The minimum absolute atomic E-state index is 0.135. The second kappa shape index (κ2) is 8.78. The van der Waals surface area contributed by atoms with Crippen LogP contribution in [-0.2, 0) is 17.9 Å². The Hall–Kier alpha value is -2.44. The Labute approximate surface area is 158 Å². The molecule has 0 radical (unpaired) electrons. The van der Waals surface area contributed by atoms with Gasteiger partial charge in [-0.25, -0.2) is 0 Å². The number of hydrogen-bond acceptors (Lipinski definition) is 4. The van der Waals surface area contributed by atoms with E-state index in [2.05, 4.69) is 35.1 Å². The zero-order chi connectivity index (χ0) is 18.4. The number of hydrogen-bond donors (Lipinski definition) is 1. The van der Waals surface area contributed by atoms with Gasteiger partial charge in [-0.05, 0) is 17.0 Å². The Morgan fingerprint density at radius 1 is 1.19 bits per heavy atom. The van der Waals surface area contributed by atoms with Gasteiger partial charge in [0.2, 0.25) is 5.91 Å². The Bertz CT molecular complexity index is 825. The largest absolute Gasteiger partial charge is 0.349 e. The molecule has 2 aromatic heterocycles. The van der Waals surface area contributed by atoms with E-state index in [0.717, 1.165) is 22.7 Å². The number of rotatable bonds is 8. The minimum atomic E-state index is 0.135. The molecule has 0 saturated carbocycles. The highest BCUT2D eigenvalue weighted by atomic mass is 32.1. The molecule has 0 aliphatic carbocycles. The van der Waals surface area contributed by atoms with Crippen LogP contribution in [0.25, 0.3) is 10.6 Å². The molecule has 3 aromatic rings. The summed E-state index contributed by atoms with van der Waals surface area (Å²) < 4.78 is 1.99. The van der Waals surface area contributed by atoms with Gasteiger partial charge in [0, 0.05) is 45.4 Å². The molecule has 0 bridgehead atoms. The van der Waals surface area contributed by atoms with Crippen molar-refractivity contribution < 1.29 is 4.79 Å². The predicted octanol–water partition coefficient (Wildman–Crippen LogP) is 3.23. The number of amides is 1. The minimum Gasteiger partial charge on any atom is -0.349 e. The molecule has 0 atom stereocenters. The van der Waals surface area contributed by atoms with Gasteiger partial charge >= 0.3 is 0 Å². The Kier molecular flexibility index (Phi) is 6.20. The number of benzene rings is 1. The zero-order valence-corrected chi connectivity index (χ0v) is 16.0. The molecule has 26 heavy (non-hydrogen) atoms. The Morgan fingerprint density at radius 3 is 2.69 bits per heavy atom. The van der Waals surface area contributed by atoms with E-state index in [-0.39, 0.29) is 5.91 Å². The highest BCUT2D eigenvalue weighted by molar-refractivity contribution is 7.13. The number of aromatic nitrogens is 2. The summed E-state index contributed by atoms with van der Waals surface area (Å²) in [5.74, 6) is 0.135. The molecular weight excluding hydrogens is 344 g/mol. The van der Waals surface area contributed by atoms with Gasteiger partial charge in [-0.1, -0.05) is 36.4 Å². The fourth-order valence-electron chi connectivity index (χ4n) is 2.71. The van der Waals surface area contributed by atoms with Crippen molar-refractivity contribution in [2.24, 2.45) is 0 Å². The molecular formula is C20H24N4OS. The van der Waals surface area contributed by atoms with Gasteiger partial charge in [0.25, 0.3) is 0 Å². The van der Waals surface area contributed by atoms with Crippen LogP contribution in [0.2, 0.25) is 0 Å². The first-order chi connectivity index (χ1) is 12.6. The van der Waals surface area contributed by atoms with Gasteiger partial charge in [0.15, 0.2) is 0 Å². The Balaban J connectivity index is 1.70. The van der Waals surface area contributed by atoms with E-state index in [1.807, 2.05) is 28.9 Å². The fraction of sp³-hybridized carbons (Fsp3) is 0.300. The van der Waals surface area contributed by atoms with Crippen molar-refractivity contribution in [3.8, 4) is 10.6 Å². The molecule has 0 aliphatic rings. The van der Waals surface area contributed by atoms with Gasteiger partial charge in [0.1, 0.15) is 5.69 Å². The summed E-state index contributed by atoms with van der Waals surface area (Å²) in [5, 5.41) is 10.2. The van der Waals surface area contributed by atoms with Crippen molar-refractivity contribution in [1.82, 2.24) is 20.0 Å². The number of nitrogens with one attached hydrogen (secondary N) is 1. The molecule has 6 heteroatoms. The molecule has 1 aromatic carbocycles. The maximum atomic E-state index is 11.7. The normalized spacial score (nSPS) is 10.8. The standard InChI is InChI=1S/C20H24N4OS/c1-23(2)19(25)10-11-21-13-17-15-24(14-16-7-4-3-5-8-16)22-20(17)18-9-6-12-26-18/h3-9,12,15,21H,10-11,13-14H2,1-2H3. The van der Waals surface area contributed by atoms with E-state index in [1.165, 1.54) is 5.56 Å². The third kappa shape index (κ3) is 4.80. The van der Waals surface area contributed by atoms with Crippen LogP contribution in [0.15, 0.2) is 54.0 Å². The van der Waals surface area contributed by atoms with Gasteiger partial charge in [-0.2, -0.15) is 5.10 Å². The molecule has 2 heterocycles. The SMILES string of the molecule is CN(C)C(=O)CCNCc1cn(Cc2ccccc2)nc1-c1cccs1. The number of carbonyl (C=O) groups is 1. The van der Waals surface area contributed by atoms with Crippen LogP contribution >= 0.6 is 11.3 Å². The topological polar surface area (TPSA) is 50.2 Å². The molecule has 0 saturated heterocycles. The third-order valence-electron chi connectivity index (χ3n) is 4.11. The van der Waals surface area contributed by atoms with E-state index in [9.17, 15) is 4.79 Å². The van der Waals surface area contributed by atoms with Crippen molar-refractivity contribution >= 4 is 17.2 Å². The molecule has 5 nitrogen and oxygen atoms in total. The van der Waals surface area contributed by atoms with Crippen LogP contribution in [0.4, 0.5) is 0 Å². The maximum absolute atomic E-state index is 11.7. The highest BCUT2D eigenvalue weighted by Gasteiger charge is 2.12. The first-order valence-corrected chi connectivity index (χ1v) is 9.56. The van der Waals surface area contributed by atoms with Crippen molar-refractivity contribution in [3.63, 3.8) is 0 Å². The van der Waals surface area contributed by atoms with E-state index < -0.39 is 0 Å². The molecule has 1 amide bonds. The first-order valence-electron chi connectivity index (χ1n) is 8.68. The van der Waals surface area contributed by atoms with Crippen LogP contribution in [-0.4, -0.2) is 41.2 Å². The number of nitrogens with zero attached hydrogens (tertiary/aromatic N) is 3. The molecule has 3 rings (SSSR count). The lowest BCUT2D eigenvalue weighted by Gasteiger charge is -2.10. The van der Waals surface area contributed by atoms with Crippen molar-refractivity contribution in [2.45, 2.75) is 19.5 Å². The van der Waals surface area contributed by atoms with E-state index in [0.29, 0.717) is 19.5 Å². The molecule has 0 fully saturated rings. The smallest absolute Gasteiger partial charge is 0.223 e.